The Balaban J connectivity index is 1.70. The Kier molecular flexibility index (Phi) is 4.41. The zero-order chi connectivity index (χ0) is 16.4. The smallest absolute Gasteiger partial charge is 0.238 e. The predicted molar refractivity (Wildman–Crippen MR) is 88.5 cm³/mol. The van der Waals surface area contributed by atoms with E-state index in [9.17, 15) is 13.5 Å². The van der Waals surface area contributed by atoms with Crippen LogP contribution in [-0.4, -0.2) is 46.5 Å². The van der Waals surface area contributed by atoms with Crippen molar-refractivity contribution in [3.63, 3.8) is 0 Å². The van der Waals surface area contributed by atoms with Gasteiger partial charge in [0.25, 0.3) is 0 Å². The fourth-order valence-electron chi connectivity index (χ4n) is 3.16. The molecule has 0 aliphatic carbocycles. The summed E-state index contributed by atoms with van der Waals surface area (Å²) in [5.41, 5.74) is 1.60. The minimum atomic E-state index is -3.15. The number of sulfonamides is 1. The summed E-state index contributed by atoms with van der Waals surface area (Å²) in [5, 5.41) is 14.2. The number of aromatic hydroxyl groups is 1. The molecule has 0 radical (unpaired) electrons. The number of nitrogens with zero attached hydrogens (tertiary/aromatic N) is 3. The zero-order valence-corrected chi connectivity index (χ0v) is 13.9. The lowest BCUT2D eigenvalue weighted by Crippen LogP contribution is -2.35. The van der Waals surface area contributed by atoms with Crippen LogP contribution in [0.5, 0.6) is 5.88 Å². The monoisotopic (exact) mass is 335 g/mol. The third-order valence-electron chi connectivity index (χ3n) is 4.27. The lowest BCUT2D eigenvalue weighted by Gasteiger charge is -2.21. The number of aromatic nitrogens is 2. The minimum absolute atomic E-state index is 0.00240. The van der Waals surface area contributed by atoms with Crippen molar-refractivity contribution < 1.29 is 13.5 Å². The third kappa shape index (κ3) is 3.56. The molecule has 23 heavy (non-hydrogen) atoms. The van der Waals surface area contributed by atoms with Crippen LogP contribution in [0, 0.1) is 0 Å². The highest BCUT2D eigenvalue weighted by molar-refractivity contribution is 7.88. The van der Waals surface area contributed by atoms with Gasteiger partial charge in [-0.05, 0) is 24.8 Å². The molecule has 1 aliphatic rings. The summed E-state index contributed by atoms with van der Waals surface area (Å²) in [5.74, 6) is 0.00240. The van der Waals surface area contributed by atoms with Crippen molar-refractivity contribution in [3.8, 4) is 17.0 Å². The summed E-state index contributed by atoms with van der Waals surface area (Å²) in [6, 6.07) is 9.61. The van der Waals surface area contributed by atoms with Gasteiger partial charge in [-0.1, -0.05) is 30.3 Å². The molecule has 1 saturated heterocycles. The molecular weight excluding hydrogens is 314 g/mol. The molecule has 0 amide bonds. The molecule has 124 valence electrons. The molecule has 3 rings (SSSR count). The Hall–Kier alpha value is -1.86. The van der Waals surface area contributed by atoms with Crippen LogP contribution in [-0.2, 0) is 16.6 Å². The van der Waals surface area contributed by atoms with Crippen LogP contribution in [0.3, 0.4) is 0 Å². The molecule has 0 saturated carbocycles. The van der Waals surface area contributed by atoms with Crippen molar-refractivity contribution in [1.82, 2.24) is 14.1 Å². The molecule has 2 aromatic rings. The number of benzene rings is 1. The second-order valence-electron chi connectivity index (χ2n) is 5.95. The highest BCUT2D eigenvalue weighted by Crippen LogP contribution is 2.28. The van der Waals surface area contributed by atoms with E-state index in [1.165, 1.54) is 6.26 Å². The predicted octanol–water partition coefficient (Wildman–Crippen LogP) is 2.07. The topological polar surface area (TPSA) is 75.4 Å². The molecule has 1 fully saturated rings. The first-order valence-electron chi connectivity index (χ1n) is 7.74. The van der Waals surface area contributed by atoms with E-state index < -0.39 is 10.0 Å². The van der Waals surface area contributed by atoms with Gasteiger partial charge in [-0.3, -0.25) is 4.68 Å². The molecule has 1 aromatic heterocycles. The van der Waals surface area contributed by atoms with Gasteiger partial charge >= 0.3 is 0 Å². The first-order valence-corrected chi connectivity index (χ1v) is 9.58. The normalized spacial score (nSPS) is 19.3. The number of hydrogen-bond donors (Lipinski definition) is 1. The van der Waals surface area contributed by atoms with E-state index in [2.05, 4.69) is 5.10 Å². The molecule has 1 unspecified atom stereocenters. The van der Waals surface area contributed by atoms with E-state index in [1.54, 1.807) is 8.99 Å². The molecule has 1 atom stereocenters. The fraction of sp³-hybridized carbons (Fsp3) is 0.438. The Labute approximate surface area is 136 Å². The van der Waals surface area contributed by atoms with E-state index in [0.717, 1.165) is 18.4 Å². The van der Waals surface area contributed by atoms with Gasteiger partial charge in [0.1, 0.15) is 0 Å². The van der Waals surface area contributed by atoms with Crippen molar-refractivity contribution in [3.05, 3.63) is 36.5 Å². The average Bonchev–Trinajstić information content (AvgIpc) is 3.12. The maximum atomic E-state index is 11.8. The third-order valence-corrected chi connectivity index (χ3v) is 5.60. The average molecular weight is 335 g/mol. The van der Waals surface area contributed by atoms with Crippen LogP contribution < -0.4 is 0 Å². The quantitative estimate of drug-likeness (QED) is 0.907. The second kappa shape index (κ2) is 6.33. The molecule has 0 bridgehead atoms. The van der Waals surface area contributed by atoms with Gasteiger partial charge in [0.05, 0.1) is 11.8 Å². The zero-order valence-electron chi connectivity index (χ0n) is 13.1. The van der Waals surface area contributed by atoms with Crippen molar-refractivity contribution in [2.24, 2.45) is 0 Å². The van der Waals surface area contributed by atoms with E-state index in [4.69, 9.17) is 0 Å². The van der Waals surface area contributed by atoms with Crippen LogP contribution >= 0.6 is 0 Å². The molecule has 2 heterocycles. The van der Waals surface area contributed by atoms with Crippen LogP contribution in [0.15, 0.2) is 36.5 Å². The van der Waals surface area contributed by atoms with Gasteiger partial charge in [0.2, 0.25) is 15.9 Å². The lowest BCUT2D eigenvalue weighted by atomic mass is 10.1. The van der Waals surface area contributed by atoms with Gasteiger partial charge in [-0.15, -0.1) is 5.10 Å². The van der Waals surface area contributed by atoms with Gasteiger partial charge in [-0.2, -0.15) is 4.31 Å². The first kappa shape index (κ1) is 16.0. The van der Waals surface area contributed by atoms with Crippen molar-refractivity contribution in [2.75, 3.05) is 12.8 Å². The van der Waals surface area contributed by atoms with Crippen LogP contribution in [0.1, 0.15) is 19.3 Å². The summed E-state index contributed by atoms with van der Waals surface area (Å²) in [6.07, 6.45) is 5.55. The van der Waals surface area contributed by atoms with Gasteiger partial charge in [-0.25, -0.2) is 8.42 Å². The summed E-state index contributed by atoms with van der Waals surface area (Å²) in [4.78, 5) is 0. The van der Waals surface area contributed by atoms with Gasteiger partial charge < -0.3 is 5.11 Å². The highest BCUT2D eigenvalue weighted by atomic mass is 32.2. The second-order valence-corrected chi connectivity index (χ2v) is 7.89. The number of aryl methyl sites for hydroxylation is 1. The number of rotatable bonds is 5. The molecule has 1 N–H and O–H groups in total. The first-order chi connectivity index (χ1) is 10.9. The summed E-state index contributed by atoms with van der Waals surface area (Å²) < 4.78 is 26.8. The van der Waals surface area contributed by atoms with E-state index in [-0.39, 0.29) is 11.9 Å². The van der Waals surface area contributed by atoms with Crippen LogP contribution in [0.4, 0.5) is 0 Å². The number of hydrogen-bond acceptors (Lipinski definition) is 4. The Morgan fingerprint density at radius 1 is 1.30 bits per heavy atom. The fourth-order valence-corrected chi connectivity index (χ4v) is 4.38. The van der Waals surface area contributed by atoms with Crippen molar-refractivity contribution >= 4 is 10.0 Å². The minimum Gasteiger partial charge on any atom is -0.492 e. The van der Waals surface area contributed by atoms with Crippen LogP contribution in [0.25, 0.3) is 11.1 Å². The molecule has 6 nitrogen and oxygen atoms in total. The van der Waals surface area contributed by atoms with E-state index in [0.29, 0.717) is 25.1 Å². The Bertz CT molecular complexity index is 771. The lowest BCUT2D eigenvalue weighted by molar-refractivity contribution is 0.349. The molecule has 1 aromatic carbocycles. The standard InChI is InChI=1S/C16H21N3O3S/c1-23(21,22)19-10-5-8-14(19)9-11-18-12-15(16(20)17-18)13-6-3-2-4-7-13/h2-4,6-7,12,14H,5,8-11H2,1H3,(H,17,20). The highest BCUT2D eigenvalue weighted by Gasteiger charge is 2.31. The SMILES string of the molecule is CS(=O)(=O)N1CCCC1CCn1cc(-c2ccccc2)c(O)n1. The molecule has 1 aliphatic heterocycles. The van der Waals surface area contributed by atoms with Crippen molar-refractivity contribution in [1.29, 1.82) is 0 Å². The van der Waals surface area contributed by atoms with Gasteiger partial charge in [0, 0.05) is 25.3 Å². The Morgan fingerprint density at radius 3 is 2.74 bits per heavy atom. The maximum absolute atomic E-state index is 11.8. The van der Waals surface area contributed by atoms with E-state index >= 15 is 0 Å². The van der Waals surface area contributed by atoms with Crippen molar-refractivity contribution in [2.45, 2.75) is 31.8 Å². The maximum Gasteiger partial charge on any atom is 0.238 e. The van der Waals surface area contributed by atoms with Gasteiger partial charge in [0.15, 0.2) is 0 Å². The molecule has 0 spiro atoms. The van der Waals surface area contributed by atoms with Crippen LogP contribution in [0.2, 0.25) is 0 Å². The summed E-state index contributed by atoms with van der Waals surface area (Å²) in [7, 11) is -3.15. The summed E-state index contributed by atoms with van der Waals surface area (Å²) in [6.45, 7) is 1.18. The molecule has 7 heteroatoms. The summed E-state index contributed by atoms with van der Waals surface area (Å²) >= 11 is 0. The molecular formula is C16H21N3O3S. The Morgan fingerprint density at radius 2 is 2.04 bits per heavy atom. The van der Waals surface area contributed by atoms with E-state index in [1.807, 2.05) is 36.5 Å². The largest absolute Gasteiger partial charge is 0.492 e.